The van der Waals surface area contributed by atoms with Crippen molar-refractivity contribution in [3.8, 4) is 17.5 Å². The molecule has 8 heteroatoms. The summed E-state index contributed by atoms with van der Waals surface area (Å²) >= 11 is 1.25. The zero-order chi connectivity index (χ0) is 17.5. The molecule has 0 aliphatic carbocycles. The monoisotopic (exact) mass is 350 g/mol. The topological polar surface area (TPSA) is 107 Å². The van der Waals surface area contributed by atoms with Gasteiger partial charge in [0.2, 0.25) is 11.1 Å². The molecule has 1 aromatic carbocycles. The van der Waals surface area contributed by atoms with Crippen molar-refractivity contribution in [3.63, 3.8) is 0 Å². The Morgan fingerprint density at radius 1 is 1.20 bits per heavy atom. The average molecular weight is 350 g/mol. The zero-order valence-electron chi connectivity index (χ0n) is 13.1. The second-order valence-corrected chi connectivity index (χ2v) is 6.01. The van der Waals surface area contributed by atoms with E-state index in [2.05, 4.69) is 31.6 Å². The molecule has 0 aliphatic heterocycles. The van der Waals surface area contributed by atoms with E-state index < -0.39 is 0 Å². The number of thioether (sulfide) groups is 1. The van der Waals surface area contributed by atoms with Crippen LogP contribution in [0.5, 0.6) is 0 Å². The lowest BCUT2D eigenvalue weighted by molar-refractivity contribution is -0.113. The van der Waals surface area contributed by atoms with E-state index in [1.807, 2.05) is 24.3 Å². The number of hydrogen-bond acceptors (Lipinski definition) is 6. The molecule has 2 N–H and O–H groups in total. The van der Waals surface area contributed by atoms with Crippen LogP contribution in [0.3, 0.4) is 0 Å². The normalized spacial score (nSPS) is 10.2. The van der Waals surface area contributed by atoms with Crippen molar-refractivity contribution in [2.45, 2.75) is 11.6 Å². The van der Waals surface area contributed by atoms with E-state index >= 15 is 0 Å². The third kappa shape index (κ3) is 4.65. The first-order chi connectivity index (χ1) is 12.2. The lowest BCUT2D eigenvalue weighted by Gasteiger charge is -2.04. The predicted octanol–water partition coefficient (Wildman–Crippen LogP) is 2.66. The standard InChI is InChI=1S/C17H14N6OS/c18-8-5-12-1-3-14(4-2-12)20-15(24)11-25-17-21-16(22-23-17)13-6-9-19-10-7-13/h1-4,6-7,9-10H,5,11H2,(H,20,24)(H,21,22,23). The number of pyridine rings is 1. The molecule has 0 atom stereocenters. The van der Waals surface area contributed by atoms with E-state index in [9.17, 15) is 4.79 Å². The summed E-state index contributed by atoms with van der Waals surface area (Å²) in [7, 11) is 0. The Morgan fingerprint density at radius 3 is 2.68 bits per heavy atom. The van der Waals surface area contributed by atoms with Crippen molar-refractivity contribution in [1.29, 1.82) is 5.26 Å². The minimum atomic E-state index is -0.145. The number of rotatable bonds is 6. The van der Waals surface area contributed by atoms with Crippen molar-refractivity contribution in [2.75, 3.05) is 11.1 Å². The smallest absolute Gasteiger partial charge is 0.234 e. The number of benzene rings is 1. The van der Waals surface area contributed by atoms with Gasteiger partial charge in [-0.15, -0.1) is 5.10 Å². The molecule has 3 rings (SSSR count). The van der Waals surface area contributed by atoms with E-state index in [0.717, 1.165) is 11.1 Å². The molecule has 124 valence electrons. The van der Waals surface area contributed by atoms with Gasteiger partial charge in [-0.1, -0.05) is 23.9 Å². The predicted molar refractivity (Wildman–Crippen MR) is 94.7 cm³/mol. The minimum absolute atomic E-state index is 0.145. The highest BCUT2D eigenvalue weighted by Crippen LogP contribution is 2.19. The summed E-state index contributed by atoms with van der Waals surface area (Å²) in [5.41, 5.74) is 2.50. The van der Waals surface area contributed by atoms with Crippen LogP contribution in [0.4, 0.5) is 5.69 Å². The third-order valence-corrected chi connectivity index (χ3v) is 4.12. The van der Waals surface area contributed by atoms with Crippen LogP contribution in [0.25, 0.3) is 11.4 Å². The van der Waals surface area contributed by atoms with Gasteiger partial charge in [0.25, 0.3) is 0 Å². The van der Waals surface area contributed by atoms with Crippen LogP contribution in [0, 0.1) is 11.3 Å². The molecule has 1 amide bonds. The molecule has 0 spiro atoms. The fourth-order valence-corrected chi connectivity index (χ4v) is 2.67. The molecule has 0 fully saturated rings. The lowest BCUT2D eigenvalue weighted by atomic mass is 10.1. The number of nitrogens with one attached hydrogen (secondary N) is 2. The van der Waals surface area contributed by atoms with E-state index in [-0.39, 0.29) is 11.7 Å². The molecule has 3 aromatic rings. The Balaban J connectivity index is 1.52. The van der Waals surface area contributed by atoms with Crippen LogP contribution in [0.2, 0.25) is 0 Å². The maximum atomic E-state index is 12.0. The number of aromatic nitrogens is 4. The number of nitriles is 1. The van der Waals surface area contributed by atoms with Crippen molar-refractivity contribution in [2.24, 2.45) is 0 Å². The third-order valence-electron chi connectivity index (χ3n) is 3.27. The number of hydrogen-bond donors (Lipinski definition) is 2. The zero-order valence-corrected chi connectivity index (χ0v) is 14.0. The number of anilines is 1. The van der Waals surface area contributed by atoms with Gasteiger partial charge in [0.05, 0.1) is 18.2 Å². The van der Waals surface area contributed by atoms with Gasteiger partial charge >= 0.3 is 0 Å². The highest BCUT2D eigenvalue weighted by atomic mass is 32.2. The number of H-pyrrole nitrogens is 1. The van der Waals surface area contributed by atoms with Crippen molar-refractivity contribution < 1.29 is 4.79 Å². The first kappa shape index (κ1) is 16.7. The van der Waals surface area contributed by atoms with Gasteiger partial charge in [0, 0.05) is 23.6 Å². The highest BCUT2D eigenvalue weighted by Gasteiger charge is 2.09. The number of amides is 1. The van der Waals surface area contributed by atoms with E-state index in [0.29, 0.717) is 23.1 Å². The van der Waals surface area contributed by atoms with Crippen molar-refractivity contribution in [1.82, 2.24) is 20.2 Å². The van der Waals surface area contributed by atoms with Crippen LogP contribution < -0.4 is 5.32 Å². The van der Waals surface area contributed by atoms with Gasteiger partial charge in [-0.05, 0) is 29.8 Å². The van der Waals surface area contributed by atoms with Gasteiger partial charge in [0.15, 0.2) is 5.82 Å². The fourth-order valence-electron chi connectivity index (χ4n) is 2.07. The Morgan fingerprint density at radius 2 is 1.96 bits per heavy atom. The van der Waals surface area contributed by atoms with E-state index in [4.69, 9.17) is 5.26 Å². The molecule has 25 heavy (non-hydrogen) atoms. The van der Waals surface area contributed by atoms with Crippen molar-refractivity contribution in [3.05, 3.63) is 54.4 Å². The molecular weight excluding hydrogens is 336 g/mol. The Kier molecular flexibility index (Phi) is 5.39. The fraction of sp³-hybridized carbons (Fsp3) is 0.118. The molecular formula is C17H14N6OS. The van der Waals surface area contributed by atoms with Crippen LogP contribution in [-0.4, -0.2) is 31.8 Å². The quantitative estimate of drug-likeness (QED) is 0.662. The molecule has 0 aliphatic rings. The molecule has 0 unspecified atom stereocenters. The lowest BCUT2D eigenvalue weighted by Crippen LogP contribution is -2.14. The maximum absolute atomic E-state index is 12.0. The highest BCUT2D eigenvalue weighted by molar-refractivity contribution is 7.99. The Bertz CT molecular complexity index is 886. The van der Waals surface area contributed by atoms with Gasteiger partial charge < -0.3 is 5.32 Å². The first-order valence-corrected chi connectivity index (χ1v) is 8.44. The van der Waals surface area contributed by atoms with E-state index in [1.165, 1.54) is 11.8 Å². The number of aromatic amines is 1. The summed E-state index contributed by atoms with van der Waals surface area (Å²) < 4.78 is 0. The molecule has 7 nitrogen and oxygen atoms in total. The summed E-state index contributed by atoms with van der Waals surface area (Å²) in [6.45, 7) is 0. The van der Waals surface area contributed by atoms with Crippen LogP contribution >= 0.6 is 11.8 Å². The molecule has 2 aromatic heterocycles. The van der Waals surface area contributed by atoms with Crippen LogP contribution in [0.15, 0.2) is 53.9 Å². The minimum Gasteiger partial charge on any atom is -0.325 e. The SMILES string of the molecule is N#CCc1ccc(NC(=O)CSc2n[nH]c(-c3ccncc3)n2)cc1. The maximum Gasteiger partial charge on any atom is 0.234 e. The number of nitrogens with zero attached hydrogens (tertiary/aromatic N) is 4. The summed E-state index contributed by atoms with van der Waals surface area (Å²) in [6.07, 6.45) is 3.72. The van der Waals surface area contributed by atoms with E-state index in [1.54, 1.807) is 24.5 Å². The molecule has 0 saturated heterocycles. The second-order valence-electron chi connectivity index (χ2n) is 5.07. The molecule has 0 bridgehead atoms. The summed E-state index contributed by atoms with van der Waals surface area (Å²) in [5.74, 6) is 0.694. The Hall–Kier alpha value is -3.18. The van der Waals surface area contributed by atoms with Gasteiger partial charge in [-0.3, -0.25) is 14.9 Å². The molecule has 0 saturated carbocycles. The summed E-state index contributed by atoms with van der Waals surface area (Å²) in [5, 5.41) is 18.9. The Labute approximate surface area is 148 Å². The van der Waals surface area contributed by atoms with Crippen LogP contribution in [0.1, 0.15) is 5.56 Å². The second kappa shape index (κ2) is 8.08. The van der Waals surface area contributed by atoms with Crippen molar-refractivity contribution >= 4 is 23.4 Å². The molecule has 0 radical (unpaired) electrons. The van der Waals surface area contributed by atoms with Gasteiger partial charge in [-0.2, -0.15) is 5.26 Å². The van der Waals surface area contributed by atoms with Gasteiger partial charge in [0.1, 0.15) is 0 Å². The number of carbonyl (C=O) groups excluding carboxylic acids is 1. The summed E-state index contributed by atoms with van der Waals surface area (Å²) in [4.78, 5) is 20.3. The number of carbonyl (C=O) groups is 1. The van der Waals surface area contributed by atoms with Gasteiger partial charge in [-0.25, -0.2) is 4.98 Å². The average Bonchev–Trinajstić information content (AvgIpc) is 3.12. The first-order valence-electron chi connectivity index (χ1n) is 7.46. The summed E-state index contributed by atoms with van der Waals surface area (Å²) in [6, 6.07) is 13.0. The molecule has 2 heterocycles. The van der Waals surface area contributed by atoms with Crippen LogP contribution in [-0.2, 0) is 11.2 Å². The largest absolute Gasteiger partial charge is 0.325 e.